The summed E-state index contributed by atoms with van der Waals surface area (Å²) in [5, 5.41) is -0.561. The minimum Gasteiger partial charge on any atom is -0.369 e. The first kappa shape index (κ1) is 17.7. The van der Waals surface area contributed by atoms with Gasteiger partial charge in [0.1, 0.15) is 5.25 Å². The van der Waals surface area contributed by atoms with E-state index in [1.807, 2.05) is 48.5 Å². The van der Waals surface area contributed by atoms with Crippen molar-refractivity contribution in [3.63, 3.8) is 0 Å². The lowest BCUT2D eigenvalue weighted by Crippen LogP contribution is -2.49. The van der Waals surface area contributed by atoms with Crippen LogP contribution in [0, 0.1) is 0 Å². The zero-order chi connectivity index (χ0) is 17.7. The Morgan fingerprint density at radius 3 is 2.04 bits per heavy atom. The van der Waals surface area contributed by atoms with Crippen LogP contribution in [0.4, 0.5) is 5.69 Å². The second kappa shape index (κ2) is 7.85. The average molecular weight is 356 g/mol. The molecule has 0 aromatic heterocycles. The maximum atomic E-state index is 13.2. The Hall–Kier alpha value is -2.11. The summed E-state index contributed by atoms with van der Waals surface area (Å²) in [7, 11) is -3.41. The van der Waals surface area contributed by atoms with Gasteiger partial charge in [0, 0.05) is 31.9 Å². The Bertz CT molecular complexity index is 783. The predicted octanol–water partition coefficient (Wildman–Crippen LogP) is 3.46. The molecule has 0 N–H and O–H groups in total. The largest absolute Gasteiger partial charge is 0.369 e. The van der Waals surface area contributed by atoms with E-state index in [2.05, 4.69) is 23.6 Å². The number of rotatable bonds is 6. The van der Waals surface area contributed by atoms with E-state index in [1.54, 1.807) is 10.4 Å². The van der Waals surface area contributed by atoms with Crippen molar-refractivity contribution in [3.05, 3.63) is 78.9 Å². The minimum absolute atomic E-state index is 0.422. The maximum absolute atomic E-state index is 13.2. The Kier molecular flexibility index (Phi) is 5.56. The van der Waals surface area contributed by atoms with Crippen LogP contribution in [-0.4, -0.2) is 38.9 Å². The van der Waals surface area contributed by atoms with Crippen molar-refractivity contribution in [3.8, 4) is 0 Å². The van der Waals surface area contributed by atoms with E-state index in [0.717, 1.165) is 11.3 Å². The lowest BCUT2D eigenvalue weighted by molar-refractivity contribution is 0.379. The van der Waals surface area contributed by atoms with E-state index >= 15 is 0 Å². The first-order chi connectivity index (χ1) is 12.1. The lowest BCUT2D eigenvalue weighted by Gasteiger charge is -2.37. The number of hydrogen-bond donors (Lipinski definition) is 0. The molecular formula is C20H24N2O2S. The second-order valence-electron chi connectivity index (χ2n) is 6.19. The number of piperazine rings is 1. The Labute approximate surface area is 150 Å². The highest BCUT2D eigenvalue weighted by Crippen LogP contribution is 2.30. The van der Waals surface area contributed by atoms with Gasteiger partial charge in [-0.15, -0.1) is 6.58 Å². The van der Waals surface area contributed by atoms with Crippen LogP contribution in [0.3, 0.4) is 0 Å². The van der Waals surface area contributed by atoms with E-state index < -0.39 is 15.3 Å². The van der Waals surface area contributed by atoms with Crippen molar-refractivity contribution in [2.45, 2.75) is 11.7 Å². The van der Waals surface area contributed by atoms with Crippen LogP contribution in [0.2, 0.25) is 0 Å². The van der Waals surface area contributed by atoms with Gasteiger partial charge in [-0.3, -0.25) is 0 Å². The van der Waals surface area contributed by atoms with Gasteiger partial charge in [-0.1, -0.05) is 54.6 Å². The van der Waals surface area contributed by atoms with Crippen LogP contribution in [0.5, 0.6) is 0 Å². The fraction of sp³-hybridized carbons (Fsp3) is 0.300. The third kappa shape index (κ3) is 3.94. The van der Waals surface area contributed by atoms with E-state index in [1.165, 1.54) is 0 Å². The molecule has 1 aliphatic heterocycles. The molecule has 0 bridgehead atoms. The molecule has 0 saturated carbocycles. The van der Waals surface area contributed by atoms with Crippen molar-refractivity contribution in [1.82, 2.24) is 4.31 Å². The molecule has 5 heteroatoms. The molecule has 1 saturated heterocycles. The smallest absolute Gasteiger partial charge is 0.221 e. The quantitative estimate of drug-likeness (QED) is 0.744. The summed E-state index contributed by atoms with van der Waals surface area (Å²) in [4.78, 5) is 2.23. The van der Waals surface area contributed by atoms with Gasteiger partial charge in [0.25, 0.3) is 0 Å². The summed E-state index contributed by atoms with van der Waals surface area (Å²) in [6, 6.07) is 19.6. The SMILES string of the molecule is C=CCC(c1ccccc1)S(=O)(=O)N1CCN(c2ccccc2)CC1. The van der Waals surface area contributed by atoms with Crippen molar-refractivity contribution in [1.29, 1.82) is 0 Å². The normalized spacial score (nSPS) is 17.2. The average Bonchev–Trinajstić information content (AvgIpc) is 2.67. The third-order valence-electron chi connectivity index (χ3n) is 4.63. The van der Waals surface area contributed by atoms with Crippen molar-refractivity contribution < 1.29 is 8.42 Å². The number of allylic oxidation sites excluding steroid dienone is 1. The second-order valence-corrected chi connectivity index (χ2v) is 8.31. The molecule has 1 fully saturated rings. The molecule has 132 valence electrons. The first-order valence-corrected chi connectivity index (χ1v) is 10.1. The number of anilines is 1. The van der Waals surface area contributed by atoms with Crippen molar-refractivity contribution in [2.24, 2.45) is 0 Å². The molecular weight excluding hydrogens is 332 g/mol. The predicted molar refractivity (Wildman–Crippen MR) is 103 cm³/mol. The summed E-state index contributed by atoms with van der Waals surface area (Å²) >= 11 is 0. The molecule has 3 rings (SSSR count). The third-order valence-corrected chi connectivity index (χ3v) is 6.90. The fourth-order valence-electron chi connectivity index (χ4n) is 3.27. The molecule has 0 aliphatic carbocycles. The van der Waals surface area contributed by atoms with Crippen LogP contribution in [0.15, 0.2) is 73.3 Å². The maximum Gasteiger partial charge on any atom is 0.221 e. The van der Waals surface area contributed by atoms with E-state index in [0.29, 0.717) is 32.6 Å². The van der Waals surface area contributed by atoms with Gasteiger partial charge < -0.3 is 4.90 Å². The number of benzene rings is 2. The molecule has 0 amide bonds. The molecule has 25 heavy (non-hydrogen) atoms. The lowest BCUT2D eigenvalue weighted by atomic mass is 10.1. The molecule has 1 aliphatic rings. The van der Waals surface area contributed by atoms with Gasteiger partial charge in [0.05, 0.1) is 0 Å². The molecule has 2 aromatic carbocycles. The summed E-state index contributed by atoms with van der Waals surface area (Å²) in [5.41, 5.74) is 1.97. The first-order valence-electron chi connectivity index (χ1n) is 8.57. The topological polar surface area (TPSA) is 40.6 Å². The number of nitrogens with zero attached hydrogens (tertiary/aromatic N) is 2. The highest BCUT2D eigenvalue weighted by atomic mass is 32.2. The van der Waals surface area contributed by atoms with E-state index in [4.69, 9.17) is 0 Å². The standard InChI is InChI=1S/C20H24N2O2S/c1-2-9-20(18-10-5-3-6-11-18)25(23,24)22-16-14-21(15-17-22)19-12-7-4-8-13-19/h2-8,10-13,20H,1,9,14-17H2. The van der Waals surface area contributed by atoms with E-state index in [9.17, 15) is 8.42 Å². The summed E-state index contributed by atoms with van der Waals surface area (Å²) in [6.45, 7) is 6.18. The van der Waals surface area contributed by atoms with Crippen LogP contribution >= 0.6 is 0 Å². The fourth-order valence-corrected chi connectivity index (χ4v) is 5.18. The Balaban J connectivity index is 1.75. The molecule has 2 aromatic rings. The Morgan fingerprint density at radius 1 is 0.920 bits per heavy atom. The summed E-state index contributed by atoms with van der Waals surface area (Å²) in [5.74, 6) is 0. The van der Waals surface area contributed by atoms with Crippen molar-refractivity contribution in [2.75, 3.05) is 31.1 Å². The van der Waals surface area contributed by atoms with E-state index in [-0.39, 0.29) is 0 Å². The van der Waals surface area contributed by atoms with Gasteiger partial charge >= 0.3 is 0 Å². The monoisotopic (exact) mass is 356 g/mol. The molecule has 0 spiro atoms. The van der Waals surface area contributed by atoms with Gasteiger partial charge in [0.2, 0.25) is 10.0 Å². The van der Waals surface area contributed by atoms with Gasteiger partial charge in [-0.05, 0) is 24.1 Å². The van der Waals surface area contributed by atoms with Gasteiger partial charge in [-0.25, -0.2) is 8.42 Å². The molecule has 4 nitrogen and oxygen atoms in total. The summed E-state index contributed by atoms with van der Waals surface area (Å²) in [6.07, 6.45) is 2.11. The van der Waals surface area contributed by atoms with Crippen LogP contribution in [-0.2, 0) is 10.0 Å². The molecule has 1 atom stereocenters. The summed E-state index contributed by atoms with van der Waals surface area (Å²) < 4.78 is 28.0. The zero-order valence-corrected chi connectivity index (χ0v) is 15.1. The van der Waals surface area contributed by atoms with Crippen LogP contribution in [0.1, 0.15) is 17.2 Å². The minimum atomic E-state index is -3.41. The zero-order valence-electron chi connectivity index (χ0n) is 14.3. The highest BCUT2D eigenvalue weighted by molar-refractivity contribution is 7.89. The van der Waals surface area contributed by atoms with Crippen molar-refractivity contribution >= 4 is 15.7 Å². The highest BCUT2D eigenvalue weighted by Gasteiger charge is 2.34. The number of hydrogen-bond acceptors (Lipinski definition) is 3. The van der Waals surface area contributed by atoms with Crippen LogP contribution in [0.25, 0.3) is 0 Å². The number of para-hydroxylation sites is 1. The molecule has 0 radical (unpaired) electrons. The molecule has 1 unspecified atom stereocenters. The Morgan fingerprint density at radius 2 is 1.48 bits per heavy atom. The van der Waals surface area contributed by atoms with Crippen LogP contribution < -0.4 is 4.90 Å². The molecule has 1 heterocycles. The van der Waals surface area contributed by atoms with Gasteiger partial charge in [-0.2, -0.15) is 4.31 Å². The van der Waals surface area contributed by atoms with Gasteiger partial charge in [0.15, 0.2) is 0 Å². The number of sulfonamides is 1.